The van der Waals surface area contributed by atoms with Crippen LogP contribution in [0.5, 0.6) is 0 Å². The van der Waals surface area contributed by atoms with Crippen molar-refractivity contribution in [3.63, 3.8) is 0 Å². The van der Waals surface area contributed by atoms with Gasteiger partial charge in [0.25, 0.3) is 5.91 Å². The highest BCUT2D eigenvalue weighted by atomic mass is 16.5. The van der Waals surface area contributed by atoms with E-state index < -0.39 is 0 Å². The molecule has 0 fully saturated rings. The number of aromatic nitrogens is 3. The highest BCUT2D eigenvalue weighted by Crippen LogP contribution is 2.24. The average Bonchev–Trinajstić information content (AvgIpc) is 2.83. The molecule has 3 heterocycles. The Morgan fingerprint density at radius 2 is 2.09 bits per heavy atom. The van der Waals surface area contributed by atoms with Crippen LogP contribution in [0.2, 0.25) is 0 Å². The average molecular weight is 431 g/mol. The minimum absolute atomic E-state index is 0.295. The molecule has 1 aliphatic rings. The van der Waals surface area contributed by atoms with Crippen LogP contribution in [0.15, 0.2) is 55.3 Å². The number of rotatable bonds is 8. The van der Waals surface area contributed by atoms with Gasteiger partial charge in [0, 0.05) is 24.1 Å². The van der Waals surface area contributed by atoms with Gasteiger partial charge in [-0.25, -0.2) is 9.97 Å². The first-order valence-corrected chi connectivity index (χ1v) is 10.6. The molecule has 0 aliphatic carbocycles. The van der Waals surface area contributed by atoms with Crippen molar-refractivity contribution in [3.05, 3.63) is 77.6 Å². The van der Waals surface area contributed by atoms with Crippen LogP contribution in [0.1, 0.15) is 34.1 Å². The van der Waals surface area contributed by atoms with Crippen LogP contribution in [-0.4, -0.2) is 34.0 Å². The number of hydrogen-bond donors (Lipinski definition) is 3. The molecule has 8 nitrogen and oxygen atoms in total. The van der Waals surface area contributed by atoms with E-state index in [1.807, 2.05) is 37.3 Å². The lowest BCUT2D eigenvalue weighted by Crippen LogP contribution is -2.25. The van der Waals surface area contributed by atoms with Crippen molar-refractivity contribution in [1.82, 2.24) is 20.3 Å². The SMILES string of the molecule is C=CCNC(=O)c1cnc(Nc2ccc3c(c2)COCC3)nc1Nc1cccc(CC)n1. The van der Waals surface area contributed by atoms with Crippen LogP contribution in [-0.2, 0) is 24.2 Å². The molecule has 1 aliphatic heterocycles. The van der Waals surface area contributed by atoms with Gasteiger partial charge in [-0.1, -0.05) is 25.1 Å². The molecule has 0 atom stereocenters. The standard InChI is InChI=1S/C24H26N6O2/c1-3-11-25-23(31)20-14-26-24(28-19-9-8-16-10-12-32-15-17(16)13-19)30-22(20)29-21-7-5-6-18(4-2)27-21/h3,5-9,13-14H,1,4,10-12,15H2,2H3,(H,25,31)(H2,26,27,28,29,30). The Morgan fingerprint density at radius 3 is 2.94 bits per heavy atom. The number of hydrogen-bond acceptors (Lipinski definition) is 7. The van der Waals surface area contributed by atoms with Crippen LogP contribution in [0, 0.1) is 0 Å². The Balaban J connectivity index is 1.62. The Hall–Kier alpha value is -3.78. The van der Waals surface area contributed by atoms with Crippen molar-refractivity contribution in [2.24, 2.45) is 0 Å². The predicted octanol–water partition coefficient (Wildman–Crippen LogP) is 3.91. The number of fused-ring (bicyclic) bond motifs is 1. The number of benzene rings is 1. The van der Waals surface area contributed by atoms with Gasteiger partial charge < -0.3 is 20.7 Å². The molecule has 8 heteroatoms. The minimum Gasteiger partial charge on any atom is -0.376 e. The number of nitrogens with one attached hydrogen (secondary N) is 3. The molecular weight excluding hydrogens is 404 g/mol. The third-order valence-corrected chi connectivity index (χ3v) is 5.09. The molecular formula is C24H26N6O2. The van der Waals surface area contributed by atoms with Crippen molar-refractivity contribution < 1.29 is 9.53 Å². The van der Waals surface area contributed by atoms with Gasteiger partial charge in [0.2, 0.25) is 5.95 Å². The maximum absolute atomic E-state index is 12.6. The number of pyridine rings is 1. The molecule has 0 unspecified atom stereocenters. The second kappa shape index (κ2) is 10.0. The van der Waals surface area contributed by atoms with Crippen molar-refractivity contribution in [3.8, 4) is 0 Å². The quantitative estimate of drug-likeness (QED) is 0.466. The third kappa shape index (κ3) is 5.09. The number of carbonyl (C=O) groups excluding carboxylic acids is 1. The number of ether oxygens (including phenoxy) is 1. The fourth-order valence-electron chi connectivity index (χ4n) is 3.41. The lowest BCUT2D eigenvalue weighted by Gasteiger charge is -2.18. The maximum Gasteiger partial charge on any atom is 0.256 e. The molecule has 4 rings (SSSR count). The Bertz CT molecular complexity index is 1130. The van der Waals surface area contributed by atoms with E-state index >= 15 is 0 Å². The van der Waals surface area contributed by atoms with Gasteiger partial charge >= 0.3 is 0 Å². The summed E-state index contributed by atoms with van der Waals surface area (Å²) in [5.74, 6) is 1.05. The normalized spacial score (nSPS) is 12.5. The van der Waals surface area contributed by atoms with E-state index in [1.54, 1.807) is 6.08 Å². The number of amides is 1. The summed E-state index contributed by atoms with van der Waals surface area (Å²) in [5, 5.41) is 9.17. The number of nitrogens with zero attached hydrogens (tertiary/aromatic N) is 3. The lowest BCUT2D eigenvalue weighted by atomic mass is 10.0. The van der Waals surface area contributed by atoms with Crippen LogP contribution in [0.25, 0.3) is 0 Å². The molecule has 1 aromatic carbocycles. The molecule has 0 spiro atoms. The second-order valence-corrected chi connectivity index (χ2v) is 7.36. The van der Waals surface area contributed by atoms with E-state index in [0.29, 0.717) is 36.3 Å². The number of aryl methyl sites for hydroxylation is 1. The lowest BCUT2D eigenvalue weighted by molar-refractivity contribution is 0.0958. The van der Waals surface area contributed by atoms with Gasteiger partial charge in [0.05, 0.1) is 13.2 Å². The summed E-state index contributed by atoms with van der Waals surface area (Å²) in [6.07, 6.45) is 4.84. The Kier molecular flexibility index (Phi) is 6.72. The molecule has 3 aromatic rings. The van der Waals surface area contributed by atoms with E-state index in [9.17, 15) is 4.79 Å². The van der Waals surface area contributed by atoms with Gasteiger partial charge in [-0.05, 0) is 48.2 Å². The van der Waals surface area contributed by atoms with Crippen LogP contribution < -0.4 is 16.0 Å². The summed E-state index contributed by atoms with van der Waals surface area (Å²) in [4.78, 5) is 26.1. The van der Waals surface area contributed by atoms with Crippen molar-refractivity contribution in [2.75, 3.05) is 23.8 Å². The minimum atomic E-state index is -0.295. The van der Waals surface area contributed by atoms with Gasteiger partial charge in [-0.2, -0.15) is 4.98 Å². The third-order valence-electron chi connectivity index (χ3n) is 5.09. The summed E-state index contributed by atoms with van der Waals surface area (Å²) >= 11 is 0. The van der Waals surface area contributed by atoms with Crippen LogP contribution in [0.4, 0.5) is 23.3 Å². The fraction of sp³-hybridized carbons (Fsp3) is 0.250. The molecule has 32 heavy (non-hydrogen) atoms. The summed E-state index contributed by atoms with van der Waals surface area (Å²) in [7, 11) is 0. The van der Waals surface area contributed by atoms with E-state index in [1.165, 1.54) is 11.8 Å². The topological polar surface area (TPSA) is 101 Å². The van der Waals surface area contributed by atoms with Gasteiger partial charge in [0.1, 0.15) is 17.2 Å². The zero-order valence-electron chi connectivity index (χ0n) is 18.0. The largest absolute Gasteiger partial charge is 0.376 e. The molecule has 0 saturated carbocycles. The molecule has 2 aromatic heterocycles. The molecule has 0 radical (unpaired) electrons. The van der Waals surface area contributed by atoms with E-state index in [4.69, 9.17) is 4.74 Å². The Morgan fingerprint density at radius 1 is 1.19 bits per heavy atom. The summed E-state index contributed by atoms with van der Waals surface area (Å²) in [6.45, 7) is 7.37. The van der Waals surface area contributed by atoms with Crippen molar-refractivity contribution in [2.45, 2.75) is 26.4 Å². The summed E-state index contributed by atoms with van der Waals surface area (Å²) in [6, 6.07) is 11.8. The smallest absolute Gasteiger partial charge is 0.256 e. The first-order valence-electron chi connectivity index (χ1n) is 10.6. The summed E-state index contributed by atoms with van der Waals surface area (Å²) < 4.78 is 5.55. The summed E-state index contributed by atoms with van der Waals surface area (Å²) in [5.41, 5.74) is 4.56. The molecule has 1 amide bonds. The van der Waals surface area contributed by atoms with Crippen LogP contribution in [0.3, 0.4) is 0 Å². The highest BCUT2D eigenvalue weighted by Gasteiger charge is 2.16. The fourth-order valence-corrected chi connectivity index (χ4v) is 3.41. The van der Waals surface area contributed by atoms with Crippen molar-refractivity contribution in [1.29, 1.82) is 0 Å². The molecule has 0 saturated heterocycles. The second-order valence-electron chi connectivity index (χ2n) is 7.36. The number of anilines is 4. The van der Waals surface area contributed by atoms with E-state index in [2.05, 4.69) is 43.5 Å². The van der Waals surface area contributed by atoms with Crippen LogP contribution >= 0.6 is 0 Å². The van der Waals surface area contributed by atoms with Gasteiger partial charge in [0.15, 0.2) is 0 Å². The van der Waals surface area contributed by atoms with E-state index in [0.717, 1.165) is 36.4 Å². The Labute approximate surface area is 187 Å². The number of carbonyl (C=O) groups is 1. The molecule has 164 valence electrons. The van der Waals surface area contributed by atoms with E-state index in [-0.39, 0.29) is 5.91 Å². The first-order chi connectivity index (χ1) is 15.7. The molecule has 3 N–H and O–H groups in total. The maximum atomic E-state index is 12.6. The zero-order valence-corrected chi connectivity index (χ0v) is 18.0. The zero-order chi connectivity index (χ0) is 22.3. The van der Waals surface area contributed by atoms with Gasteiger partial charge in [-0.15, -0.1) is 6.58 Å². The van der Waals surface area contributed by atoms with Gasteiger partial charge in [-0.3, -0.25) is 4.79 Å². The van der Waals surface area contributed by atoms with Crippen molar-refractivity contribution >= 4 is 29.2 Å². The monoisotopic (exact) mass is 430 g/mol. The first kappa shape index (κ1) is 21.5. The molecule has 0 bridgehead atoms. The predicted molar refractivity (Wildman–Crippen MR) is 125 cm³/mol. The highest BCUT2D eigenvalue weighted by molar-refractivity contribution is 5.99.